The van der Waals surface area contributed by atoms with Crippen molar-refractivity contribution >= 4 is 52.0 Å². The maximum Gasteiger partial charge on any atom is 0.425 e. The van der Waals surface area contributed by atoms with E-state index in [1.807, 2.05) is 24.3 Å². The summed E-state index contributed by atoms with van der Waals surface area (Å²) in [6, 6.07) is 18.0. The second-order valence-corrected chi connectivity index (χ2v) is 22.3. The molecule has 6 aromatic rings. The lowest BCUT2D eigenvalue weighted by Crippen LogP contribution is -2.46. The van der Waals surface area contributed by atoms with Crippen molar-refractivity contribution < 1.29 is 60.3 Å². The Morgan fingerprint density at radius 1 is 0.850 bits per heavy atom. The van der Waals surface area contributed by atoms with Crippen LogP contribution in [-0.2, 0) is 33.5 Å². The van der Waals surface area contributed by atoms with Crippen LogP contribution in [0.1, 0.15) is 95.2 Å². The Morgan fingerprint density at radius 3 is 2.06 bits per heavy atom. The maximum absolute atomic E-state index is 18.4. The summed E-state index contributed by atoms with van der Waals surface area (Å²) in [5, 5.41) is -0.515. The zero-order valence-electron chi connectivity index (χ0n) is 46.4. The van der Waals surface area contributed by atoms with Crippen molar-refractivity contribution in [3.63, 3.8) is 0 Å². The van der Waals surface area contributed by atoms with Crippen LogP contribution in [-0.4, -0.2) is 114 Å². The molecule has 0 spiro atoms. The molecule has 6 heterocycles. The standard InChI is InChI=1S/C58H65ClF4N8O9/c1-33-28-42(68(29-35-13-19-39(74-9)20-14-35)30-36-15-21-40(75-10)22-16-36)46(59)43(45(33)58(61,62)63)48-47(60)49-44-51(67-53(66-49)78-32-38-18-17-37-31-76-26-24-70(37)38)69(25-27-77-52(44)65-48)34(2)41-12-11-23-64-50(41)71(54(72)79-56(3,4)5)55(73)80-57(6,7)8/h11-16,19-23,28,34,37-38H,17-18,24-27,29-32H2,1-10H3/t34-,37+,38+/m1/s1. The van der Waals surface area contributed by atoms with E-state index < -0.39 is 68.8 Å². The maximum atomic E-state index is 18.4. The van der Waals surface area contributed by atoms with E-state index in [1.54, 1.807) is 109 Å². The molecule has 3 aliphatic rings. The first-order valence-corrected chi connectivity index (χ1v) is 26.7. The summed E-state index contributed by atoms with van der Waals surface area (Å²) in [4.78, 5) is 53.3. The third-order valence-corrected chi connectivity index (χ3v) is 14.4. The molecule has 0 saturated carbocycles. The minimum atomic E-state index is -5.07. The molecule has 2 amide bonds. The van der Waals surface area contributed by atoms with Gasteiger partial charge in [-0.05, 0) is 121 Å². The molecule has 2 fully saturated rings. The number of ether oxygens (including phenoxy) is 7. The van der Waals surface area contributed by atoms with E-state index in [4.69, 9.17) is 49.7 Å². The number of pyridine rings is 2. The Balaban J connectivity index is 1.23. The van der Waals surface area contributed by atoms with Crippen molar-refractivity contribution in [3.05, 3.63) is 112 Å². The number of imide groups is 1. The minimum Gasteiger partial charge on any atom is -0.497 e. The average molecular weight is 1130 g/mol. The molecule has 3 aromatic heterocycles. The van der Waals surface area contributed by atoms with Gasteiger partial charge in [0.25, 0.3) is 0 Å². The third kappa shape index (κ3) is 12.4. The lowest BCUT2D eigenvalue weighted by molar-refractivity contribution is -0.137. The molecule has 3 aromatic carbocycles. The van der Waals surface area contributed by atoms with Crippen LogP contribution >= 0.6 is 11.6 Å². The fraction of sp³-hybridized carbons (Fsp3) is 0.448. The smallest absolute Gasteiger partial charge is 0.425 e. The lowest BCUT2D eigenvalue weighted by Gasteiger charge is -2.34. The highest BCUT2D eigenvalue weighted by Crippen LogP contribution is 2.50. The zero-order valence-corrected chi connectivity index (χ0v) is 47.1. The number of alkyl halides is 3. The number of nitrogens with zero attached hydrogens (tertiary/aromatic N) is 8. The van der Waals surface area contributed by atoms with Crippen molar-refractivity contribution in [2.45, 2.75) is 117 Å². The molecule has 0 bridgehead atoms. The van der Waals surface area contributed by atoms with Gasteiger partial charge in [0.2, 0.25) is 5.88 Å². The number of benzene rings is 3. The van der Waals surface area contributed by atoms with Crippen molar-refractivity contribution in [3.8, 4) is 34.6 Å². The second-order valence-electron chi connectivity index (χ2n) is 21.9. The average Bonchev–Trinajstić information content (AvgIpc) is 3.84. The Kier molecular flexibility index (Phi) is 16.6. The molecule has 0 aliphatic carbocycles. The number of fused-ring (bicyclic) bond motifs is 1. The summed E-state index contributed by atoms with van der Waals surface area (Å²) in [6.45, 7) is 15.0. The van der Waals surface area contributed by atoms with Crippen LogP contribution in [0.5, 0.6) is 23.4 Å². The van der Waals surface area contributed by atoms with Gasteiger partial charge in [-0.15, -0.1) is 0 Å². The highest BCUT2D eigenvalue weighted by Gasteiger charge is 2.43. The van der Waals surface area contributed by atoms with Crippen molar-refractivity contribution in [2.75, 3.05) is 68.4 Å². The molecule has 22 heteroatoms. The number of carbonyl (C=O) groups excluding carboxylic acids is 2. The normalized spacial score (nSPS) is 17.0. The fourth-order valence-electron chi connectivity index (χ4n) is 10.3. The molecule has 3 aliphatic heterocycles. The van der Waals surface area contributed by atoms with Crippen LogP contribution in [0, 0.1) is 12.7 Å². The number of amides is 2. The molecule has 426 valence electrons. The fourth-order valence-corrected chi connectivity index (χ4v) is 10.7. The molecule has 3 atom stereocenters. The summed E-state index contributed by atoms with van der Waals surface area (Å²) in [6.07, 6.45) is -4.14. The van der Waals surface area contributed by atoms with Crippen LogP contribution in [0.15, 0.2) is 72.9 Å². The van der Waals surface area contributed by atoms with Gasteiger partial charge in [0, 0.05) is 49.0 Å². The zero-order chi connectivity index (χ0) is 57.4. The van der Waals surface area contributed by atoms with E-state index in [9.17, 15) is 9.59 Å². The topological polar surface area (TPSA) is 163 Å². The predicted octanol–water partition coefficient (Wildman–Crippen LogP) is 12.3. The molecule has 0 unspecified atom stereocenters. The molecular formula is C58H65ClF4N8O9. The number of aromatic nitrogens is 4. The molecule has 9 rings (SSSR count). The summed E-state index contributed by atoms with van der Waals surface area (Å²) in [7, 11) is 3.09. The van der Waals surface area contributed by atoms with Gasteiger partial charge in [0.1, 0.15) is 58.3 Å². The van der Waals surface area contributed by atoms with Crippen molar-refractivity contribution in [1.82, 2.24) is 24.8 Å². The van der Waals surface area contributed by atoms with Gasteiger partial charge >= 0.3 is 24.4 Å². The summed E-state index contributed by atoms with van der Waals surface area (Å²) in [5.41, 5.74) is -3.48. The number of morpholine rings is 1. The van der Waals surface area contributed by atoms with E-state index in [1.165, 1.54) is 19.2 Å². The van der Waals surface area contributed by atoms with Crippen LogP contribution in [0.3, 0.4) is 0 Å². The molecular weight excluding hydrogens is 1060 g/mol. The van der Waals surface area contributed by atoms with Gasteiger partial charge in [-0.1, -0.05) is 41.9 Å². The highest BCUT2D eigenvalue weighted by molar-refractivity contribution is 6.36. The van der Waals surface area contributed by atoms with Gasteiger partial charge in [0.15, 0.2) is 11.6 Å². The number of methoxy groups -OCH3 is 2. The predicted molar refractivity (Wildman–Crippen MR) is 294 cm³/mol. The number of aryl methyl sites for hydroxylation is 1. The minimum absolute atomic E-state index is 0.000155. The number of hydrogen-bond acceptors (Lipinski definition) is 16. The van der Waals surface area contributed by atoms with Crippen LogP contribution < -0.4 is 33.6 Å². The molecule has 0 N–H and O–H groups in total. The van der Waals surface area contributed by atoms with Gasteiger partial charge in [-0.25, -0.2) is 23.9 Å². The summed E-state index contributed by atoms with van der Waals surface area (Å²) in [5.74, 6) is -0.425. The largest absolute Gasteiger partial charge is 0.497 e. The molecule has 80 heavy (non-hydrogen) atoms. The van der Waals surface area contributed by atoms with Crippen molar-refractivity contribution in [1.29, 1.82) is 0 Å². The van der Waals surface area contributed by atoms with E-state index >= 15 is 17.6 Å². The number of hydrogen-bond donors (Lipinski definition) is 0. The monoisotopic (exact) mass is 1130 g/mol. The Labute approximate surface area is 467 Å². The lowest BCUT2D eigenvalue weighted by atomic mass is 9.95. The first-order chi connectivity index (χ1) is 37.9. The van der Waals surface area contributed by atoms with Crippen LogP contribution in [0.2, 0.25) is 5.02 Å². The second kappa shape index (κ2) is 23.1. The number of rotatable bonds is 14. The summed E-state index contributed by atoms with van der Waals surface area (Å²) >= 11 is 7.36. The van der Waals surface area contributed by atoms with Crippen LogP contribution in [0.25, 0.3) is 22.2 Å². The third-order valence-electron chi connectivity index (χ3n) is 14.0. The molecule has 0 radical (unpaired) electrons. The number of halogens is 5. The van der Waals surface area contributed by atoms with Gasteiger partial charge < -0.3 is 43.0 Å². The van der Waals surface area contributed by atoms with E-state index in [0.29, 0.717) is 36.8 Å². The Bertz CT molecular complexity index is 3170. The Morgan fingerprint density at radius 2 is 1.48 bits per heavy atom. The first kappa shape index (κ1) is 57.5. The SMILES string of the molecule is COc1ccc(CN(Cc2ccc(OC)cc2)c2cc(C)c(C(F)(F)F)c(-c3nc4c5c(nc(OC[C@@H]6CC[C@H]7COCCN76)nc5c3F)N([C@H](C)c3cccnc3N(C(=O)OC(C)(C)C)C(=O)OC(C)(C)C)CCO4)c2Cl)cc1. The molecule has 2 saturated heterocycles. The van der Waals surface area contributed by atoms with Crippen molar-refractivity contribution in [2.24, 2.45) is 0 Å². The quantitative estimate of drug-likeness (QED) is 0.0946. The van der Waals surface area contributed by atoms with E-state index in [2.05, 4.69) is 19.9 Å². The van der Waals surface area contributed by atoms with E-state index in [0.717, 1.165) is 28.9 Å². The highest BCUT2D eigenvalue weighted by atomic mass is 35.5. The number of anilines is 3. The summed E-state index contributed by atoms with van der Waals surface area (Å²) < 4.78 is 106. The Hall–Kier alpha value is -7.23. The van der Waals surface area contributed by atoms with Gasteiger partial charge in [0.05, 0.1) is 56.3 Å². The van der Waals surface area contributed by atoms with Gasteiger partial charge in [-0.3, -0.25) is 4.90 Å². The van der Waals surface area contributed by atoms with Crippen LogP contribution in [0.4, 0.5) is 44.5 Å². The van der Waals surface area contributed by atoms with E-state index in [-0.39, 0.29) is 85.1 Å². The number of carbonyl (C=O) groups is 2. The molecule has 17 nitrogen and oxygen atoms in total. The van der Waals surface area contributed by atoms with Gasteiger partial charge in [-0.2, -0.15) is 28.0 Å². The first-order valence-electron chi connectivity index (χ1n) is 26.3.